The Labute approximate surface area is 183 Å². The number of nitrogens with one attached hydrogen (secondary N) is 2. The van der Waals surface area contributed by atoms with Gasteiger partial charge in [-0.1, -0.05) is 0 Å². The maximum absolute atomic E-state index is 14.5. The number of hydrogen-bond donors (Lipinski definition) is 2. The minimum atomic E-state index is -0.673. The van der Waals surface area contributed by atoms with Gasteiger partial charge >= 0.3 is 0 Å². The minimum Gasteiger partial charge on any atom is -0.354 e. The molecule has 2 aromatic carbocycles. The summed E-state index contributed by atoms with van der Waals surface area (Å²) in [7, 11) is 0. The maximum Gasteiger partial charge on any atom is 0.223 e. The molecule has 0 saturated heterocycles. The van der Waals surface area contributed by atoms with Gasteiger partial charge in [0.05, 0.1) is 11.2 Å². The zero-order valence-corrected chi connectivity index (χ0v) is 17.2. The third kappa shape index (κ3) is 3.79. The molecule has 1 amide bonds. The summed E-state index contributed by atoms with van der Waals surface area (Å²) < 4.78 is 43.9. The van der Waals surface area contributed by atoms with Crippen molar-refractivity contribution in [2.24, 2.45) is 5.92 Å². The maximum atomic E-state index is 14.5. The van der Waals surface area contributed by atoms with E-state index in [2.05, 4.69) is 10.3 Å². The lowest BCUT2D eigenvalue weighted by molar-refractivity contribution is -0.127. The zero-order valence-electron chi connectivity index (χ0n) is 17.2. The van der Waals surface area contributed by atoms with Crippen LogP contribution in [0.1, 0.15) is 24.3 Å². The van der Waals surface area contributed by atoms with Gasteiger partial charge in [-0.05, 0) is 72.4 Å². The van der Waals surface area contributed by atoms with E-state index in [4.69, 9.17) is 0 Å². The molecule has 0 spiro atoms. The predicted molar refractivity (Wildman–Crippen MR) is 117 cm³/mol. The van der Waals surface area contributed by atoms with Gasteiger partial charge in [-0.2, -0.15) is 0 Å². The number of rotatable bonds is 6. The second-order valence-electron chi connectivity index (χ2n) is 8.31. The normalized spacial score (nSPS) is 18.0. The van der Waals surface area contributed by atoms with Crippen LogP contribution in [0, 0.1) is 23.4 Å². The van der Waals surface area contributed by atoms with Crippen LogP contribution in [0.25, 0.3) is 22.2 Å². The van der Waals surface area contributed by atoms with Gasteiger partial charge in [0, 0.05) is 42.9 Å². The fourth-order valence-electron chi connectivity index (χ4n) is 4.55. The molecule has 4 aromatic rings. The highest BCUT2D eigenvalue weighted by molar-refractivity contribution is 5.92. The lowest BCUT2D eigenvalue weighted by Crippen LogP contribution is -2.39. The molecule has 2 aromatic heterocycles. The van der Waals surface area contributed by atoms with Crippen molar-refractivity contribution >= 4 is 16.8 Å². The molecule has 2 heterocycles. The third-order valence-electron chi connectivity index (χ3n) is 6.25. The molecule has 7 heteroatoms. The van der Waals surface area contributed by atoms with Crippen LogP contribution in [-0.4, -0.2) is 22.0 Å². The Morgan fingerprint density at radius 3 is 2.47 bits per heavy atom. The van der Waals surface area contributed by atoms with E-state index in [0.29, 0.717) is 42.6 Å². The number of halogens is 3. The smallest absolute Gasteiger partial charge is 0.223 e. The zero-order chi connectivity index (χ0) is 22.2. The summed E-state index contributed by atoms with van der Waals surface area (Å²) in [5.41, 5.74) is 2.33. The van der Waals surface area contributed by atoms with Crippen LogP contribution in [0.5, 0.6) is 0 Å². The van der Waals surface area contributed by atoms with Crippen molar-refractivity contribution in [3.63, 3.8) is 0 Å². The molecule has 0 atom stereocenters. The van der Waals surface area contributed by atoms with Crippen LogP contribution < -0.4 is 5.32 Å². The molecule has 32 heavy (non-hydrogen) atoms. The number of hydrogen-bond acceptors (Lipinski definition) is 1. The van der Waals surface area contributed by atoms with Crippen LogP contribution in [0.4, 0.5) is 13.2 Å². The van der Waals surface area contributed by atoms with Crippen LogP contribution in [0.3, 0.4) is 0 Å². The summed E-state index contributed by atoms with van der Waals surface area (Å²) in [4.78, 5) is 15.6. The Morgan fingerprint density at radius 1 is 1.03 bits per heavy atom. The number of aromatic amines is 1. The van der Waals surface area contributed by atoms with Gasteiger partial charge in [0.1, 0.15) is 17.5 Å². The second-order valence-corrected chi connectivity index (χ2v) is 8.31. The van der Waals surface area contributed by atoms with E-state index < -0.39 is 11.6 Å². The average Bonchev–Trinajstić information content (AvgIpc) is 3.36. The Hall–Kier alpha value is -3.48. The molecule has 1 saturated carbocycles. The molecule has 1 aliphatic rings. The topological polar surface area (TPSA) is 49.8 Å². The van der Waals surface area contributed by atoms with E-state index in [1.54, 1.807) is 12.1 Å². The van der Waals surface area contributed by atoms with Crippen molar-refractivity contribution in [2.45, 2.75) is 25.3 Å². The number of carbonyl (C=O) groups excluding carboxylic acids is 1. The number of nitrogens with zero attached hydrogens (tertiary/aromatic N) is 1. The Kier molecular flexibility index (Phi) is 5.25. The molecule has 4 nitrogen and oxygen atoms in total. The largest absolute Gasteiger partial charge is 0.354 e. The Morgan fingerprint density at radius 2 is 1.75 bits per heavy atom. The molecule has 0 aliphatic heterocycles. The van der Waals surface area contributed by atoms with Crippen LogP contribution >= 0.6 is 0 Å². The summed E-state index contributed by atoms with van der Waals surface area (Å²) in [5, 5.41) is 3.44. The number of amides is 1. The van der Waals surface area contributed by atoms with E-state index in [9.17, 15) is 18.0 Å². The van der Waals surface area contributed by atoms with Crippen molar-refractivity contribution in [2.75, 3.05) is 6.54 Å². The Bertz CT molecular complexity index is 1260. The Balaban J connectivity index is 1.37. The number of benzene rings is 2. The number of fused-ring (bicyclic) bond motifs is 1. The summed E-state index contributed by atoms with van der Waals surface area (Å²) in [6, 6.07) is 11.9. The van der Waals surface area contributed by atoms with E-state index in [-0.39, 0.29) is 29.1 Å². The summed E-state index contributed by atoms with van der Waals surface area (Å²) >= 11 is 0. The van der Waals surface area contributed by atoms with E-state index in [1.165, 1.54) is 18.2 Å². The lowest BCUT2D eigenvalue weighted by atomic mass is 9.70. The van der Waals surface area contributed by atoms with Crippen LogP contribution in [0.15, 0.2) is 60.9 Å². The molecule has 5 rings (SSSR count). The standard InChI is InChI=1S/C25H22F3N3O/c26-18-5-3-15(4-6-18)23-22(20-13-19(27)14-21(28)24(20)30-23)16-11-17(12-16)25(32)29-7-10-31-8-1-2-9-31/h1-6,8-9,13-14,16-17,30H,7,10-12H2,(H,29,32)/t16-,17-. The first-order valence-electron chi connectivity index (χ1n) is 10.6. The van der Waals surface area contributed by atoms with Gasteiger partial charge in [-0.25, -0.2) is 13.2 Å². The van der Waals surface area contributed by atoms with Gasteiger partial charge in [-0.15, -0.1) is 0 Å². The van der Waals surface area contributed by atoms with Gasteiger partial charge < -0.3 is 14.9 Å². The molecule has 0 unspecified atom stereocenters. The average molecular weight is 437 g/mol. The van der Waals surface area contributed by atoms with Crippen LogP contribution in [-0.2, 0) is 11.3 Å². The van der Waals surface area contributed by atoms with Crippen molar-refractivity contribution in [1.82, 2.24) is 14.9 Å². The van der Waals surface area contributed by atoms with Crippen molar-refractivity contribution in [3.8, 4) is 11.3 Å². The van der Waals surface area contributed by atoms with E-state index >= 15 is 0 Å². The highest BCUT2D eigenvalue weighted by atomic mass is 19.1. The first-order valence-corrected chi connectivity index (χ1v) is 10.6. The number of H-pyrrole nitrogens is 1. The highest BCUT2D eigenvalue weighted by Crippen LogP contribution is 2.48. The summed E-state index contributed by atoms with van der Waals surface area (Å²) in [6.45, 7) is 1.24. The summed E-state index contributed by atoms with van der Waals surface area (Å²) in [6.07, 6.45) is 5.07. The first-order chi connectivity index (χ1) is 15.5. The molecule has 1 aliphatic carbocycles. The van der Waals surface area contributed by atoms with E-state index in [1.807, 2.05) is 29.1 Å². The monoisotopic (exact) mass is 437 g/mol. The molecular weight excluding hydrogens is 415 g/mol. The fraction of sp³-hybridized carbons (Fsp3) is 0.240. The van der Waals surface area contributed by atoms with Gasteiger partial charge in [0.25, 0.3) is 0 Å². The van der Waals surface area contributed by atoms with Gasteiger partial charge in [0.2, 0.25) is 5.91 Å². The van der Waals surface area contributed by atoms with Gasteiger partial charge in [0.15, 0.2) is 0 Å². The minimum absolute atomic E-state index is 0.00561. The quantitative estimate of drug-likeness (QED) is 0.419. The molecule has 0 bridgehead atoms. The SMILES string of the molecule is O=C(NCCn1cccc1)[C@H]1C[C@H](c2c(-c3ccc(F)cc3)[nH]c3c(F)cc(F)cc32)C1. The second kappa shape index (κ2) is 8.22. The number of carbonyl (C=O) groups is 1. The predicted octanol–water partition coefficient (Wildman–Crippen LogP) is 5.36. The van der Waals surface area contributed by atoms with Crippen LogP contribution in [0.2, 0.25) is 0 Å². The van der Waals surface area contributed by atoms with Crippen molar-refractivity contribution < 1.29 is 18.0 Å². The van der Waals surface area contributed by atoms with Crippen molar-refractivity contribution in [3.05, 3.63) is 83.9 Å². The summed E-state index contributed by atoms with van der Waals surface area (Å²) in [5.74, 6) is -1.87. The fourth-order valence-corrected chi connectivity index (χ4v) is 4.55. The highest BCUT2D eigenvalue weighted by Gasteiger charge is 2.38. The van der Waals surface area contributed by atoms with E-state index in [0.717, 1.165) is 11.6 Å². The lowest BCUT2D eigenvalue weighted by Gasteiger charge is -2.35. The van der Waals surface area contributed by atoms with Crippen molar-refractivity contribution in [1.29, 1.82) is 0 Å². The molecule has 2 N–H and O–H groups in total. The molecule has 164 valence electrons. The first kappa shape index (κ1) is 20.4. The third-order valence-corrected chi connectivity index (χ3v) is 6.25. The molecule has 0 radical (unpaired) electrons. The number of aromatic nitrogens is 2. The molecular formula is C25H22F3N3O. The molecule has 1 fully saturated rings. The van der Waals surface area contributed by atoms with Gasteiger partial charge in [-0.3, -0.25) is 4.79 Å².